The Hall–Kier alpha value is -1.55. The summed E-state index contributed by atoms with van der Waals surface area (Å²) in [7, 11) is 1.95. The Kier molecular flexibility index (Phi) is 2.52. The van der Waals surface area contributed by atoms with Gasteiger partial charge in [-0.3, -0.25) is 0 Å². The first-order valence-corrected chi connectivity index (χ1v) is 6.26. The van der Waals surface area contributed by atoms with Crippen LogP contribution in [-0.2, 0) is 0 Å². The lowest BCUT2D eigenvalue weighted by Gasteiger charge is -2.19. The highest BCUT2D eigenvalue weighted by Gasteiger charge is 2.40. The molecule has 1 aromatic heterocycles. The van der Waals surface area contributed by atoms with E-state index in [1.54, 1.807) is 6.20 Å². The highest BCUT2D eigenvalue weighted by atomic mass is 16.2. The van der Waals surface area contributed by atoms with Crippen LogP contribution in [0.4, 0.5) is 5.82 Å². The van der Waals surface area contributed by atoms with Crippen molar-refractivity contribution in [3.63, 3.8) is 0 Å². The largest absolute Gasteiger partial charge is 0.360 e. The molecule has 0 aliphatic carbocycles. The van der Waals surface area contributed by atoms with Gasteiger partial charge in [-0.1, -0.05) is 0 Å². The molecule has 0 saturated carbocycles. The molecule has 17 heavy (non-hydrogen) atoms. The van der Waals surface area contributed by atoms with Crippen molar-refractivity contribution in [2.75, 3.05) is 13.6 Å². The summed E-state index contributed by atoms with van der Waals surface area (Å²) < 4.78 is 2.25. The zero-order chi connectivity index (χ0) is 11.8. The lowest BCUT2D eigenvalue weighted by molar-refractivity contribution is -0.729. The molecule has 2 aliphatic rings. The Bertz CT molecular complexity index is 507. The summed E-state index contributed by atoms with van der Waals surface area (Å²) in [6.07, 6.45) is 6.38. The number of nitrogens with zero attached hydrogens (tertiary/aromatic N) is 2. The van der Waals surface area contributed by atoms with Crippen LogP contribution >= 0.6 is 0 Å². The summed E-state index contributed by atoms with van der Waals surface area (Å²) in [6.45, 7) is 0.990. The standard InChI is InChI=1S/C13H16N3O/c1-15-11-7-3-2-4-9-16(11)12-10(13(15)17)6-5-8-14-12/h5-6,8H,2-4,7,9H2,1H3/q+1/p+1. The monoisotopic (exact) mass is 231 g/mol. The average molecular weight is 231 g/mol. The van der Waals surface area contributed by atoms with Crippen LogP contribution in [0.15, 0.2) is 18.3 Å². The third-order valence-electron chi connectivity index (χ3n) is 3.68. The second kappa shape index (κ2) is 4.04. The number of amidine groups is 1. The fourth-order valence-corrected chi connectivity index (χ4v) is 2.76. The molecular formula is C13H17N3O+2. The third-order valence-corrected chi connectivity index (χ3v) is 3.68. The maximum Gasteiger partial charge on any atom is 0.360 e. The SMILES string of the molecule is C[NH+]1C(=O)c2cccnc2[N+]2=C1CCCCC2. The number of carbonyl (C=O) groups excluding carboxylic acids is 1. The minimum atomic E-state index is 0.154. The molecule has 0 fully saturated rings. The normalized spacial score (nSPS) is 24.1. The molecule has 3 heterocycles. The van der Waals surface area contributed by atoms with Crippen molar-refractivity contribution in [2.24, 2.45) is 0 Å². The Labute approximate surface area is 101 Å². The Morgan fingerprint density at radius 1 is 1.35 bits per heavy atom. The molecule has 1 aromatic rings. The molecule has 0 bridgehead atoms. The van der Waals surface area contributed by atoms with Gasteiger partial charge in [-0.25, -0.2) is 9.69 Å². The second-order valence-corrected chi connectivity index (χ2v) is 4.74. The van der Waals surface area contributed by atoms with E-state index in [1.807, 2.05) is 19.2 Å². The number of amides is 1. The Balaban J connectivity index is 2.20. The van der Waals surface area contributed by atoms with Gasteiger partial charge in [0.05, 0.1) is 20.0 Å². The van der Waals surface area contributed by atoms with Gasteiger partial charge in [0.25, 0.3) is 5.84 Å². The van der Waals surface area contributed by atoms with E-state index in [2.05, 4.69) is 9.56 Å². The highest BCUT2D eigenvalue weighted by molar-refractivity contribution is 5.98. The van der Waals surface area contributed by atoms with Gasteiger partial charge in [0, 0.05) is 0 Å². The minimum Gasteiger partial charge on any atom is -0.225 e. The zero-order valence-corrected chi connectivity index (χ0v) is 10.1. The molecule has 4 heteroatoms. The number of nitrogens with one attached hydrogen (secondary N) is 1. The van der Waals surface area contributed by atoms with Gasteiger partial charge >= 0.3 is 11.7 Å². The zero-order valence-electron chi connectivity index (χ0n) is 10.1. The number of pyridine rings is 1. The Morgan fingerprint density at radius 2 is 2.24 bits per heavy atom. The smallest absolute Gasteiger partial charge is 0.225 e. The van der Waals surface area contributed by atoms with Crippen molar-refractivity contribution in [3.8, 4) is 0 Å². The van der Waals surface area contributed by atoms with E-state index in [0.717, 1.165) is 29.2 Å². The predicted octanol–water partition coefficient (Wildman–Crippen LogP) is 0.367. The minimum absolute atomic E-state index is 0.154. The highest BCUT2D eigenvalue weighted by Crippen LogP contribution is 2.20. The van der Waals surface area contributed by atoms with Crippen molar-refractivity contribution in [3.05, 3.63) is 23.9 Å². The number of quaternary nitrogens is 1. The van der Waals surface area contributed by atoms with E-state index in [9.17, 15) is 4.79 Å². The van der Waals surface area contributed by atoms with Gasteiger partial charge in [0.15, 0.2) is 5.56 Å². The molecule has 1 N–H and O–H groups in total. The van der Waals surface area contributed by atoms with E-state index in [0.29, 0.717) is 0 Å². The van der Waals surface area contributed by atoms with E-state index >= 15 is 0 Å². The van der Waals surface area contributed by atoms with Crippen LogP contribution in [0, 0.1) is 0 Å². The van der Waals surface area contributed by atoms with Crippen LogP contribution in [0.3, 0.4) is 0 Å². The third kappa shape index (κ3) is 1.60. The lowest BCUT2D eigenvalue weighted by atomic mass is 10.1. The fourth-order valence-electron chi connectivity index (χ4n) is 2.76. The van der Waals surface area contributed by atoms with Gasteiger partial charge < -0.3 is 0 Å². The van der Waals surface area contributed by atoms with Crippen LogP contribution in [0.25, 0.3) is 0 Å². The molecule has 4 nitrogen and oxygen atoms in total. The van der Waals surface area contributed by atoms with Crippen molar-refractivity contribution in [2.45, 2.75) is 25.7 Å². The number of fused-ring (bicyclic) bond motifs is 2. The first kappa shape index (κ1) is 10.6. The topological polar surface area (TPSA) is 37.4 Å². The van der Waals surface area contributed by atoms with E-state index < -0.39 is 0 Å². The van der Waals surface area contributed by atoms with E-state index in [-0.39, 0.29) is 5.91 Å². The molecule has 88 valence electrons. The molecule has 1 unspecified atom stereocenters. The maximum absolute atomic E-state index is 12.3. The molecule has 0 saturated heterocycles. The van der Waals surface area contributed by atoms with Gasteiger partial charge in [-0.2, -0.15) is 4.58 Å². The van der Waals surface area contributed by atoms with Crippen LogP contribution in [0.1, 0.15) is 36.0 Å². The first-order valence-electron chi connectivity index (χ1n) is 6.26. The first-order chi connectivity index (χ1) is 8.29. The summed E-state index contributed by atoms with van der Waals surface area (Å²) in [6, 6.07) is 3.72. The quantitative estimate of drug-likeness (QED) is 0.655. The summed E-state index contributed by atoms with van der Waals surface area (Å²) >= 11 is 0. The number of hydrogen-bond acceptors (Lipinski definition) is 2. The number of carbonyl (C=O) groups is 1. The number of rotatable bonds is 0. The van der Waals surface area contributed by atoms with Crippen molar-refractivity contribution in [1.82, 2.24) is 4.98 Å². The van der Waals surface area contributed by atoms with Crippen LogP contribution < -0.4 is 4.90 Å². The number of aromatic nitrogens is 1. The van der Waals surface area contributed by atoms with Crippen LogP contribution in [-0.4, -0.2) is 34.9 Å². The second-order valence-electron chi connectivity index (χ2n) is 4.74. The summed E-state index contributed by atoms with van der Waals surface area (Å²) in [5.41, 5.74) is 0.760. The average Bonchev–Trinajstić information content (AvgIpc) is 2.62. The maximum atomic E-state index is 12.3. The lowest BCUT2D eigenvalue weighted by Crippen LogP contribution is -3.15. The van der Waals surface area contributed by atoms with Gasteiger partial charge in [-0.15, -0.1) is 0 Å². The van der Waals surface area contributed by atoms with E-state index in [4.69, 9.17) is 0 Å². The molecule has 1 amide bonds. The van der Waals surface area contributed by atoms with Gasteiger partial charge in [0.2, 0.25) is 0 Å². The fraction of sp³-hybridized carbons (Fsp3) is 0.462. The Morgan fingerprint density at radius 3 is 3.12 bits per heavy atom. The molecule has 0 spiro atoms. The predicted molar refractivity (Wildman–Crippen MR) is 63.7 cm³/mol. The van der Waals surface area contributed by atoms with Crippen molar-refractivity contribution >= 4 is 17.6 Å². The van der Waals surface area contributed by atoms with Gasteiger partial charge in [0.1, 0.15) is 6.20 Å². The molecule has 2 aliphatic heterocycles. The summed E-state index contributed by atoms with van der Waals surface area (Å²) in [5, 5.41) is 0. The summed E-state index contributed by atoms with van der Waals surface area (Å²) in [5.74, 6) is 2.21. The molecule has 1 atom stereocenters. The molecule has 3 rings (SSSR count). The molecule has 0 radical (unpaired) electrons. The van der Waals surface area contributed by atoms with Crippen LogP contribution in [0.5, 0.6) is 0 Å². The number of hydrogen-bond donors (Lipinski definition) is 1. The van der Waals surface area contributed by atoms with Crippen LogP contribution in [0.2, 0.25) is 0 Å². The van der Waals surface area contributed by atoms with Gasteiger partial charge in [-0.05, 0) is 36.4 Å². The molecule has 0 aromatic carbocycles. The molecular weight excluding hydrogens is 214 g/mol. The van der Waals surface area contributed by atoms with Crippen molar-refractivity contribution in [1.29, 1.82) is 0 Å². The van der Waals surface area contributed by atoms with E-state index in [1.165, 1.54) is 25.1 Å². The van der Waals surface area contributed by atoms with Crippen molar-refractivity contribution < 1.29 is 14.3 Å². The summed E-state index contributed by atoms with van der Waals surface area (Å²) in [4.78, 5) is 17.6.